The number of benzene rings is 1. The molecule has 4 rings (SSSR count). The van der Waals surface area contributed by atoms with Gasteiger partial charge < -0.3 is 10.2 Å². The van der Waals surface area contributed by atoms with Crippen LogP contribution in [0.4, 0.5) is 0 Å². The number of amides is 1. The zero-order valence-electron chi connectivity index (χ0n) is 14.2. The van der Waals surface area contributed by atoms with E-state index in [1.54, 1.807) is 0 Å². The molecule has 1 aromatic carbocycles. The van der Waals surface area contributed by atoms with Gasteiger partial charge >= 0.3 is 0 Å². The van der Waals surface area contributed by atoms with Crippen molar-refractivity contribution in [3.63, 3.8) is 0 Å². The molecular formula is C19H24N4O. The number of nitrogens with one attached hydrogen (secondary N) is 1. The Balaban J connectivity index is 1.73. The van der Waals surface area contributed by atoms with Gasteiger partial charge in [0.2, 0.25) is 0 Å². The molecule has 2 aliphatic rings. The molecule has 1 aromatic heterocycles. The average Bonchev–Trinajstić information content (AvgIpc) is 3.08. The minimum absolute atomic E-state index is 0.101. The Labute approximate surface area is 142 Å². The number of hydrogen-bond acceptors (Lipinski definition) is 3. The van der Waals surface area contributed by atoms with Crippen molar-refractivity contribution in [1.82, 2.24) is 20.0 Å². The molecule has 1 amide bonds. The lowest BCUT2D eigenvalue weighted by atomic mass is 10.1. The first-order chi connectivity index (χ1) is 11.8. The van der Waals surface area contributed by atoms with Gasteiger partial charge in [0.1, 0.15) is 0 Å². The van der Waals surface area contributed by atoms with Crippen LogP contribution in [-0.4, -0.2) is 46.8 Å². The largest absolute Gasteiger partial charge is 0.336 e. The molecule has 0 bridgehead atoms. The van der Waals surface area contributed by atoms with E-state index in [4.69, 9.17) is 5.10 Å². The molecule has 126 valence electrons. The van der Waals surface area contributed by atoms with Gasteiger partial charge in [-0.1, -0.05) is 18.2 Å². The van der Waals surface area contributed by atoms with Gasteiger partial charge in [-0.15, -0.1) is 0 Å². The van der Waals surface area contributed by atoms with Gasteiger partial charge in [0, 0.05) is 30.9 Å². The lowest BCUT2D eigenvalue weighted by Crippen LogP contribution is -2.35. The van der Waals surface area contributed by atoms with E-state index in [0.717, 1.165) is 57.5 Å². The number of nitrogens with zero attached hydrogens (tertiary/aromatic N) is 3. The van der Waals surface area contributed by atoms with E-state index >= 15 is 0 Å². The topological polar surface area (TPSA) is 50.2 Å². The third-order valence-electron chi connectivity index (χ3n) is 5.10. The molecule has 0 radical (unpaired) electrons. The Morgan fingerprint density at radius 2 is 2.00 bits per heavy atom. The van der Waals surface area contributed by atoms with Gasteiger partial charge in [-0.2, -0.15) is 5.10 Å². The Kier molecular flexibility index (Phi) is 4.10. The van der Waals surface area contributed by atoms with Crippen molar-refractivity contribution in [1.29, 1.82) is 0 Å². The number of hydrogen-bond donors (Lipinski definition) is 1. The van der Waals surface area contributed by atoms with E-state index in [1.807, 2.05) is 21.7 Å². The summed E-state index contributed by atoms with van der Waals surface area (Å²) in [5, 5.41) is 8.13. The number of rotatable bonds is 2. The van der Waals surface area contributed by atoms with Crippen LogP contribution in [0.2, 0.25) is 0 Å². The number of carbonyl (C=O) groups excluding carboxylic acids is 1. The fourth-order valence-corrected chi connectivity index (χ4v) is 3.81. The monoisotopic (exact) mass is 324 g/mol. The second kappa shape index (κ2) is 6.40. The first-order valence-corrected chi connectivity index (χ1v) is 8.92. The van der Waals surface area contributed by atoms with Crippen LogP contribution in [-0.2, 0) is 12.8 Å². The maximum Gasteiger partial charge on any atom is 0.274 e. The van der Waals surface area contributed by atoms with Crippen LogP contribution < -0.4 is 5.32 Å². The number of fused-ring (bicyclic) bond motifs is 1. The van der Waals surface area contributed by atoms with E-state index in [-0.39, 0.29) is 5.91 Å². The maximum absolute atomic E-state index is 13.1. The molecule has 0 atom stereocenters. The average molecular weight is 324 g/mol. The zero-order chi connectivity index (χ0) is 16.5. The van der Waals surface area contributed by atoms with Crippen LogP contribution in [0.3, 0.4) is 0 Å². The van der Waals surface area contributed by atoms with E-state index in [0.29, 0.717) is 5.69 Å². The lowest BCUT2D eigenvalue weighted by molar-refractivity contribution is 0.0759. The minimum Gasteiger partial charge on any atom is -0.336 e. The number of carbonyl (C=O) groups is 1. The van der Waals surface area contributed by atoms with Gasteiger partial charge in [-0.05, 0) is 50.8 Å². The summed E-state index contributed by atoms with van der Waals surface area (Å²) < 4.78 is 2.01. The van der Waals surface area contributed by atoms with Crippen molar-refractivity contribution >= 4 is 5.91 Å². The first-order valence-electron chi connectivity index (χ1n) is 8.92. The van der Waals surface area contributed by atoms with Crippen molar-refractivity contribution in [2.75, 3.05) is 26.2 Å². The quantitative estimate of drug-likeness (QED) is 0.920. The summed E-state index contributed by atoms with van der Waals surface area (Å²) in [6, 6.07) is 8.26. The Morgan fingerprint density at radius 1 is 1.12 bits per heavy atom. The van der Waals surface area contributed by atoms with Crippen molar-refractivity contribution in [2.45, 2.75) is 32.6 Å². The number of aromatic nitrogens is 2. The molecule has 1 fully saturated rings. The predicted octanol–water partition coefficient (Wildman–Crippen LogP) is 2.10. The number of aryl methyl sites for hydroxylation is 1. The molecule has 24 heavy (non-hydrogen) atoms. The fourth-order valence-electron chi connectivity index (χ4n) is 3.81. The highest BCUT2D eigenvalue weighted by molar-refractivity contribution is 5.94. The molecule has 1 N–H and O–H groups in total. The summed E-state index contributed by atoms with van der Waals surface area (Å²) in [6.07, 6.45) is 4.09. The highest BCUT2D eigenvalue weighted by Gasteiger charge is 2.30. The standard InChI is InChI=1S/C19H24N4O/c1-14-6-2-3-8-16(14)23-17-9-4-7-15(17)18(21-23)19(24)22-12-5-10-20-11-13-22/h2-3,6,8,20H,4-5,7,9-13H2,1H3. The van der Waals surface area contributed by atoms with Gasteiger partial charge in [0.25, 0.3) is 5.91 Å². The fraction of sp³-hybridized carbons (Fsp3) is 0.474. The Morgan fingerprint density at radius 3 is 2.88 bits per heavy atom. The van der Waals surface area contributed by atoms with Crippen LogP contribution >= 0.6 is 0 Å². The minimum atomic E-state index is 0.101. The van der Waals surface area contributed by atoms with Gasteiger partial charge in [-0.25, -0.2) is 4.68 Å². The van der Waals surface area contributed by atoms with E-state index in [9.17, 15) is 4.79 Å². The molecule has 0 spiro atoms. The summed E-state index contributed by atoms with van der Waals surface area (Å²) >= 11 is 0. The smallest absolute Gasteiger partial charge is 0.274 e. The normalized spacial score (nSPS) is 17.6. The second-order valence-electron chi connectivity index (χ2n) is 6.72. The van der Waals surface area contributed by atoms with Crippen molar-refractivity contribution < 1.29 is 4.79 Å². The van der Waals surface area contributed by atoms with Crippen molar-refractivity contribution in [3.05, 3.63) is 46.8 Å². The molecule has 2 aromatic rings. The summed E-state index contributed by atoms with van der Waals surface area (Å²) in [5.74, 6) is 0.101. The van der Waals surface area contributed by atoms with E-state index < -0.39 is 0 Å². The molecule has 1 aliphatic heterocycles. The van der Waals surface area contributed by atoms with Crippen molar-refractivity contribution in [2.24, 2.45) is 0 Å². The maximum atomic E-state index is 13.1. The zero-order valence-corrected chi connectivity index (χ0v) is 14.2. The van der Waals surface area contributed by atoms with Gasteiger partial charge in [0.05, 0.1) is 5.69 Å². The van der Waals surface area contributed by atoms with Crippen molar-refractivity contribution in [3.8, 4) is 5.69 Å². The Bertz CT molecular complexity index is 757. The molecule has 0 saturated carbocycles. The summed E-state index contributed by atoms with van der Waals surface area (Å²) in [6.45, 7) is 5.54. The van der Waals surface area contributed by atoms with Crippen LogP contribution in [0.15, 0.2) is 24.3 Å². The summed E-state index contributed by atoms with van der Waals surface area (Å²) in [4.78, 5) is 15.0. The molecule has 2 heterocycles. The third kappa shape index (κ3) is 2.63. The van der Waals surface area contributed by atoms with Gasteiger partial charge in [0.15, 0.2) is 5.69 Å². The van der Waals surface area contributed by atoms with E-state index in [2.05, 4.69) is 24.4 Å². The first kappa shape index (κ1) is 15.4. The predicted molar refractivity (Wildman–Crippen MR) is 93.7 cm³/mol. The molecule has 1 saturated heterocycles. The van der Waals surface area contributed by atoms with Gasteiger partial charge in [-0.3, -0.25) is 4.79 Å². The molecule has 5 nitrogen and oxygen atoms in total. The highest BCUT2D eigenvalue weighted by atomic mass is 16.2. The SMILES string of the molecule is Cc1ccccc1-n1nc(C(=O)N2CCCNCC2)c2c1CCC2. The number of para-hydroxylation sites is 1. The molecule has 0 unspecified atom stereocenters. The van der Waals surface area contributed by atoms with Crippen LogP contribution in [0, 0.1) is 6.92 Å². The van der Waals surface area contributed by atoms with Crippen LogP contribution in [0.1, 0.15) is 40.2 Å². The molecule has 5 heteroatoms. The second-order valence-corrected chi connectivity index (χ2v) is 6.72. The third-order valence-corrected chi connectivity index (χ3v) is 5.10. The lowest BCUT2D eigenvalue weighted by Gasteiger charge is -2.19. The highest BCUT2D eigenvalue weighted by Crippen LogP contribution is 2.29. The summed E-state index contributed by atoms with van der Waals surface area (Å²) in [7, 11) is 0. The Hall–Kier alpha value is -2.14. The van der Waals surface area contributed by atoms with Crippen LogP contribution in [0.25, 0.3) is 5.69 Å². The van der Waals surface area contributed by atoms with E-state index in [1.165, 1.54) is 16.8 Å². The van der Waals surface area contributed by atoms with Crippen LogP contribution in [0.5, 0.6) is 0 Å². The summed E-state index contributed by atoms with van der Waals surface area (Å²) in [5.41, 5.74) is 5.34. The molecule has 1 aliphatic carbocycles. The molecular weight excluding hydrogens is 300 g/mol.